The maximum Gasteiger partial charge on any atom is 0.271 e. The Kier molecular flexibility index (Phi) is 6.83. The van der Waals surface area contributed by atoms with Gasteiger partial charge in [-0.1, -0.05) is 19.1 Å². The van der Waals surface area contributed by atoms with Crippen LogP contribution in [0.1, 0.15) is 29.3 Å². The molecule has 2 aromatic carbocycles. The van der Waals surface area contributed by atoms with E-state index in [-0.39, 0.29) is 5.91 Å². The molecule has 0 aliphatic heterocycles. The van der Waals surface area contributed by atoms with Gasteiger partial charge >= 0.3 is 0 Å². The largest absolute Gasteiger partial charge is 0.497 e. The van der Waals surface area contributed by atoms with Crippen molar-refractivity contribution in [3.8, 4) is 17.2 Å². The maximum atomic E-state index is 12.2. The zero-order valence-corrected chi connectivity index (χ0v) is 14.6. The van der Waals surface area contributed by atoms with Crippen molar-refractivity contribution in [1.29, 1.82) is 0 Å². The van der Waals surface area contributed by atoms with Crippen LogP contribution in [0.2, 0.25) is 0 Å². The van der Waals surface area contributed by atoms with Crippen molar-refractivity contribution in [3.05, 3.63) is 53.6 Å². The van der Waals surface area contributed by atoms with Crippen LogP contribution in [-0.4, -0.2) is 32.9 Å². The van der Waals surface area contributed by atoms with Gasteiger partial charge in [0.05, 0.1) is 27.0 Å². The predicted octanol–water partition coefficient (Wildman–Crippen LogP) is 3.26. The third-order valence-electron chi connectivity index (χ3n) is 3.36. The highest BCUT2D eigenvalue weighted by Crippen LogP contribution is 2.28. The van der Waals surface area contributed by atoms with E-state index in [9.17, 15) is 4.79 Å². The molecule has 1 amide bonds. The van der Waals surface area contributed by atoms with Gasteiger partial charge < -0.3 is 14.2 Å². The van der Waals surface area contributed by atoms with E-state index >= 15 is 0 Å². The van der Waals surface area contributed by atoms with Crippen LogP contribution in [0.3, 0.4) is 0 Å². The molecular weight excluding hydrogens is 320 g/mol. The van der Waals surface area contributed by atoms with Crippen LogP contribution in [0, 0.1) is 0 Å². The Labute approximate surface area is 147 Å². The highest BCUT2D eigenvalue weighted by Gasteiger charge is 2.10. The van der Waals surface area contributed by atoms with Crippen LogP contribution in [-0.2, 0) is 0 Å². The van der Waals surface area contributed by atoms with Crippen LogP contribution in [0.5, 0.6) is 17.2 Å². The van der Waals surface area contributed by atoms with Gasteiger partial charge in [-0.3, -0.25) is 4.79 Å². The van der Waals surface area contributed by atoms with Gasteiger partial charge in [0.2, 0.25) is 0 Å². The molecular formula is C19H22N2O4. The average Bonchev–Trinajstić information content (AvgIpc) is 2.66. The highest BCUT2D eigenvalue weighted by molar-refractivity contribution is 5.95. The Morgan fingerprint density at radius 3 is 2.68 bits per heavy atom. The summed E-state index contributed by atoms with van der Waals surface area (Å²) in [5.74, 6) is 1.51. The van der Waals surface area contributed by atoms with Gasteiger partial charge in [0, 0.05) is 5.56 Å². The number of carbonyl (C=O) groups is 1. The van der Waals surface area contributed by atoms with E-state index in [0.717, 1.165) is 17.7 Å². The first-order valence-electron chi connectivity index (χ1n) is 7.96. The van der Waals surface area contributed by atoms with Crippen molar-refractivity contribution >= 4 is 12.1 Å². The van der Waals surface area contributed by atoms with Crippen LogP contribution in [0.25, 0.3) is 0 Å². The van der Waals surface area contributed by atoms with Gasteiger partial charge in [-0.2, -0.15) is 5.10 Å². The topological polar surface area (TPSA) is 69.2 Å². The summed E-state index contributed by atoms with van der Waals surface area (Å²) >= 11 is 0. The van der Waals surface area contributed by atoms with Crippen molar-refractivity contribution in [3.63, 3.8) is 0 Å². The lowest BCUT2D eigenvalue weighted by Gasteiger charge is -2.11. The number of methoxy groups -OCH3 is 2. The molecule has 1 N–H and O–H groups in total. The predicted molar refractivity (Wildman–Crippen MR) is 96.8 cm³/mol. The first kappa shape index (κ1) is 18.3. The van der Waals surface area contributed by atoms with Crippen molar-refractivity contribution in [2.24, 2.45) is 5.10 Å². The van der Waals surface area contributed by atoms with Gasteiger partial charge in [-0.15, -0.1) is 0 Å². The summed E-state index contributed by atoms with van der Waals surface area (Å²) in [6.45, 7) is 2.61. The molecule has 132 valence electrons. The summed E-state index contributed by atoms with van der Waals surface area (Å²) in [5, 5.41) is 3.97. The second kappa shape index (κ2) is 9.32. The average molecular weight is 342 g/mol. The van der Waals surface area contributed by atoms with Crippen LogP contribution in [0.15, 0.2) is 47.6 Å². The minimum absolute atomic E-state index is 0.334. The van der Waals surface area contributed by atoms with Crippen molar-refractivity contribution in [2.45, 2.75) is 13.3 Å². The summed E-state index contributed by atoms with van der Waals surface area (Å²) in [7, 11) is 3.13. The van der Waals surface area contributed by atoms with Gasteiger partial charge in [0.15, 0.2) is 11.5 Å². The van der Waals surface area contributed by atoms with Crippen LogP contribution in [0.4, 0.5) is 0 Å². The summed E-state index contributed by atoms with van der Waals surface area (Å²) in [6.07, 6.45) is 2.45. The Hall–Kier alpha value is -3.02. The number of ether oxygens (including phenoxy) is 3. The first-order chi connectivity index (χ1) is 12.2. The molecule has 0 aromatic heterocycles. The molecule has 0 aliphatic carbocycles. The van der Waals surface area contributed by atoms with Crippen molar-refractivity contribution in [1.82, 2.24) is 5.43 Å². The molecule has 0 saturated carbocycles. The summed E-state index contributed by atoms with van der Waals surface area (Å²) in [6, 6.07) is 12.4. The molecule has 0 aliphatic rings. The van der Waals surface area contributed by atoms with E-state index in [1.807, 2.05) is 31.2 Å². The normalized spacial score (nSPS) is 10.5. The van der Waals surface area contributed by atoms with E-state index in [4.69, 9.17) is 14.2 Å². The molecule has 0 heterocycles. The number of carbonyl (C=O) groups excluding carboxylic acids is 1. The lowest BCUT2D eigenvalue weighted by Crippen LogP contribution is -2.17. The number of amides is 1. The van der Waals surface area contributed by atoms with Crippen LogP contribution < -0.4 is 19.6 Å². The standard InChI is InChI=1S/C19H22N2O4/c1-4-10-25-17-9-8-15(12-18(17)24-3)19(22)21-20-13-14-6-5-7-16(11-14)23-2/h5-9,11-13H,4,10H2,1-3H3,(H,21,22)/b20-13+. The Morgan fingerprint density at radius 1 is 1.12 bits per heavy atom. The molecule has 6 nitrogen and oxygen atoms in total. The minimum Gasteiger partial charge on any atom is -0.497 e. The van der Waals surface area contributed by atoms with E-state index < -0.39 is 0 Å². The molecule has 0 fully saturated rings. The lowest BCUT2D eigenvalue weighted by atomic mass is 10.2. The number of nitrogens with zero attached hydrogens (tertiary/aromatic N) is 1. The molecule has 2 aromatic rings. The molecule has 25 heavy (non-hydrogen) atoms. The van der Waals surface area contributed by atoms with Crippen molar-refractivity contribution < 1.29 is 19.0 Å². The third kappa shape index (κ3) is 5.24. The third-order valence-corrected chi connectivity index (χ3v) is 3.36. The minimum atomic E-state index is -0.334. The van der Waals surface area contributed by atoms with E-state index in [2.05, 4.69) is 10.5 Å². The van der Waals surface area contributed by atoms with E-state index in [1.54, 1.807) is 31.5 Å². The second-order valence-electron chi connectivity index (χ2n) is 5.19. The number of nitrogens with one attached hydrogen (secondary N) is 1. The fourth-order valence-electron chi connectivity index (χ4n) is 2.09. The zero-order chi connectivity index (χ0) is 18.1. The molecule has 0 saturated heterocycles. The smallest absolute Gasteiger partial charge is 0.271 e. The number of rotatable bonds is 8. The molecule has 0 spiro atoms. The monoisotopic (exact) mass is 342 g/mol. The number of hydrogen-bond donors (Lipinski definition) is 1. The molecule has 0 bridgehead atoms. The summed E-state index contributed by atoms with van der Waals surface area (Å²) in [5.41, 5.74) is 3.75. The fraction of sp³-hybridized carbons (Fsp3) is 0.263. The second-order valence-corrected chi connectivity index (χ2v) is 5.19. The van der Waals surface area contributed by atoms with Gasteiger partial charge in [-0.05, 0) is 42.3 Å². The van der Waals surface area contributed by atoms with E-state index in [0.29, 0.717) is 23.7 Å². The van der Waals surface area contributed by atoms with Gasteiger partial charge in [0.25, 0.3) is 5.91 Å². The summed E-state index contributed by atoms with van der Waals surface area (Å²) < 4.78 is 16.0. The summed E-state index contributed by atoms with van der Waals surface area (Å²) in [4.78, 5) is 12.2. The molecule has 0 atom stereocenters. The highest BCUT2D eigenvalue weighted by atomic mass is 16.5. The van der Waals surface area contributed by atoms with Crippen molar-refractivity contribution in [2.75, 3.05) is 20.8 Å². The van der Waals surface area contributed by atoms with Gasteiger partial charge in [-0.25, -0.2) is 5.43 Å². The molecule has 2 rings (SSSR count). The number of benzene rings is 2. The molecule has 0 unspecified atom stereocenters. The molecule has 6 heteroatoms. The number of hydrazone groups is 1. The molecule has 0 radical (unpaired) electrons. The number of hydrogen-bond acceptors (Lipinski definition) is 5. The lowest BCUT2D eigenvalue weighted by molar-refractivity contribution is 0.0954. The maximum absolute atomic E-state index is 12.2. The Morgan fingerprint density at radius 2 is 1.96 bits per heavy atom. The fourth-order valence-corrected chi connectivity index (χ4v) is 2.09. The SMILES string of the molecule is CCCOc1ccc(C(=O)N/N=C/c2cccc(OC)c2)cc1OC. The Bertz CT molecular complexity index is 744. The van der Waals surface area contributed by atoms with E-state index in [1.165, 1.54) is 7.11 Å². The quantitative estimate of drug-likeness (QED) is 0.590. The van der Waals surface area contributed by atoms with Gasteiger partial charge in [0.1, 0.15) is 5.75 Å². The zero-order valence-electron chi connectivity index (χ0n) is 14.6. The first-order valence-corrected chi connectivity index (χ1v) is 7.96. The Balaban J connectivity index is 2.03. The van der Waals surface area contributed by atoms with Crippen LogP contribution >= 0.6 is 0 Å².